The Morgan fingerprint density at radius 3 is 2.44 bits per heavy atom. The maximum Gasteiger partial charge on any atom is 0.0720 e. The van der Waals surface area contributed by atoms with E-state index in [0.29, 0.717) is 0 Å². The van der Waals surface area contributed by atoms with Gasteiger partial charge in [0.05, 0.1) is 6.04 Å². The number of benzene rings is 1. The lowest BCUT2D eigenvalue weighted by molar-refractivity contribution is 0.635. The summed E-state index contributed by atoms with van der Waals surface area (Å²) in [7, 11) is 0. The number of nitrogens with two attached hydrogens (primary N) is 1. The van der Waals surface area contributed by atoms with Crippen molar-refractivity contribution in [1.82, 2.24) is 5.43 Å². The molecule has 0 bridgehead atoms. The van der Waals surface area contributed by atoms with Gasteiger partial charge >= 0.3 is 0 Å². The number of hydrogen-bond acceptors (Lipinski definition) is 3. The maximum atomic E-state index is 5.72. The summed E-state index contributed by atoms with van der Waals surface area (Å²) in [5.41, 5.74) is 8.09. The zero-order valence-corrected chi connectivity index (χ0v) is 11.8. The van der Waals surface area contributed by atoms with Gasteiger partial charge in [-0.25, -0.2) is 5.43 Å². The Morgan fingerprint density at radius 2 is 1.94 bits per heavy atom. The van der Waals surface area contributed by atoms with Crippen LogP contribution in [0.1, 0.15) is 41.6 Å². The normalized spacial score (nSPS) is 12.6. The van der Waals surface area contributed by atoms with E-state index >= 15 is 0 Å². The van der Waals surface area contributed by atoms with Crippen LogP contribution in [-0.2, 0) is 6.42 Å². The van der Waals surface area contributed by atoms with Gasteiger partial charge in [-0.3, -0.25) is 5.84 Å². The molecule has 2 nitrogen and oxygen atoms in total. The molecule has 18 heavy (non-hydrogen) atoms. The molecule has 0 amide bonds. The Bertz CT molecular complexity index is 487. The fourth-order valence-electron chi connectivity index (χ4n) is 2.20. The van der Waals surface area contributed by atoms with Gasteiger partial charge in [-0.1, -0.05) is 37.6 Å². The Kier molecular flexibility index (Phi) is 4.53. The van der Waals surface area contributed by atoms with Crippen molar-refractivity contribution in [3.8, 4) is 0 Å². The molecule has 3 N–H and O–H groups in total. The van der Waals surface area contributed by atoms with Crippen LogP contribution in [0.2, 0.25) is 0 Å². The average molecular weight is 260 g/mol. The van der Waals surface area contributed by atoms with Crippen LogP contribution in [0.15, 0.2) is 35.0 Å². The van der Waals surface area contributed by atoms with Gasteiger partial charge in [-0.05, 0) is 46.4 Å². The highest BCUT2D eigenvalue weighted by Gasteiger charge is 2.14. The first-order valence-electron chi connectivity index (χ1n) is 6.34. The summed E-state index contributed by atoms with van der Waals surface area (Å²) >= 11 is 1.72. The predicted octanol–water partition coefficient (Wildman–Crippen LogP) is 3.56. The van der Waals surface area contributed by atoms with Gasteiger partial charge in [-0.15, -0.1) is 0 Å². The second-order valence-corrected chi connectivity index (χ2v) is 5.34. The lowest BCUT2D eigenvalue weighted by Gasteiger charge is -2.17. The highest BCUT2D eigenvalue weighted by molar-refractivity contribution is 7.08. The topological polar surface area (TPSA) is 38.0 Å². The SMILES string of the molecule is CCCc1ccc(C(NN)c2cscc2C)cc1. The van der Waals surface area contributed by atoms with Crippen molar-refractivity contribution < 1.29 is 0 Å². The van der Waals surface area contributed by atoms with E-state index in [2.05, 4.69) is 54.3 Å². The van der Waals surface area contributed by atoms with Crippen LogP contribution in [0.5, 0.6) is 0 Å². The van der Waals surface area contributed by atoms with Gasteiger partial charge in [0.2, 0.25) is 0 Å². The van der Waals surface area contributed by atoms with Crippen molar-refractivity contribution in [3.63, 3.8) is 0 Å². The van der Waals surface area contributed by atoms with Crippen molar-refractivity contribution in [1.29, 1.82) is 0 Å². The molecule has 1 unspecified atom stereocenters. The average Bonchev–Trinajstić information content (AvgIpc) is 2.79. The lowest BCUT2D eigenvalue weighted by atomic mass is 9.97. The Balaban J connectivity index is 2.25. The van der Waals surface area contributed by atoms with Gasteiger partial charge in [0.15, 0.2) is 0 Å². The fourth-order valence-corrected chi connectivity index (χ4v) is 3.07. The Morgan fingerprint density at radius 1 is 1.22 bits per heavy atom. The van der Waals surface area contributed by atoms with Gasteiger partial charge in [0, 0.05) is 0 Å². The van der Waals surface area contributed by atoms with E-state index < -0.39 is 0 Å². The van der Waals surface area contributed by atoms with Gasteiger partial charge < -0.3 is 0 Å². The van der Waals surface area contributed by atoms with E-state index in [9.17, 15) is 0 Å². The summed E-state index contributed by atoms with van der Waals surface area (Å²) in [5, 5.41) is 4.32. The molecule has 1 aromatic heterocycles. The van der Waals surface area contributed by atoms with Crippen molar-refractivity contribution in [2.45, 2.75) is 32.7 Å². The largest absolute Gasteiger partial charge is 0.271 e. The van der Waals surface area contributed by atoms with Crippen molar-refractivity contribution in [2.24, 2.45) is 5.84 Å². The molecule has 0 aliphatic rings. The first kappa shape index (κ1) is 13.3. The monoisotopic (exact) mass is 260 g/mol. The number of nitrogens with one attached hydrogen (secondary N) is 1. The third kappa shape index (κ3) is 2.80. The predicted molar refractivity (Wildman–Crippen MR) is 78.7 cm³/mol. The van der Waals surface area contributed by atoms with Gasteiger partial charge in [0.25, 0.3) is 0 Å². The molecule has 3 heteroatoms. The van der Waals surface area contributed by atoms with E-state index in [1.807, 2.05) is 0 Å². The third-order valence-electron chi connectivity index (χ3n) is 3.22. The molecular formula is C15H20N2S. The molecule has 0 fully saturated rings. The number of rotatable bonds is 5. The van der Waals surface area contributed by atoms with Crippen molar-refractivity contribution in [2.75, 3.05) is 0 Å². The fraction of sp³-hybridized carbons (Fsp3) is 0.333. The molecule has 0 spiro atoms. The minimum Gasteiger partial charge on any atom is -0.271 e. The lowest BCUT2D eigenvalue weighted by Crippen LogP contribution is -2.28. The summed E-state index contributed by atoms with van der Waals surface area (Å²) in [6.45, 7) is 4.33. The van der Waals surface area contributed by atoms with Crippen LogP contribution in [0.4, 0.5) is 0 Å². The first-order valence-corrected chi connectivity index (χ1v) is 7.28. The second-order valence-electron chi connectivity index (χ2n) is 4.60. The molecule has 1 aromatic carbocycles. The molecule has 1 heterocycles. The molecule has 0 saturated carbocycles. The molecular weight excluding hydrogens is 240 g/mol. The molecule has 1 atom stereocenters. The number of aryl methyl sites for hydroxylation is 2. The Labute approximate surface area is 113 Å². The first-order chi connectivity index (χ1) is 8.76. The minimum atomic E-state index is 0.0897. The van der Waals surface area contributed by atoms with Crippen molar-refractivity contribution in [3.05, 3.63) is 57.3 Å². The van der Waals surface area contributed by atoms with Crippen LogP contribution in [0.25, 0.3) is 0 Å². The third-order valence-corrected chi connectivity index (χ3v) is 4.10. The van der Waals surface area contributed by atoms with Gasteiger partial charge in [-0.2, -0.15) is 11.3 Å². The summed E-state index contributed by atoms with van der Waals surface area (Å²) in [6.07, 6.45) is 2.32. The molecule has 96 valence electrons. The van der Waals surface area contributed by atoms with Crippen LogP contribution in [0.3, 0.4) is 0 Å². The van der Waals surface area contributed by atoms with Crippen LogP contribution in [0, 0.1) is 6.92 Å². The number of hydrazine groups is 1. The van der Waals surface area contributed by atoms with Crippen molar-refractivity contribution >= 4 is 11.3 Å². The molecule has 0 aliphatic heterocycles. The zero-order valence-electron chi connectivity index (χ0n) is 10.9. The van der Waals surface area contributed by atoms with Crippen LogP contribution in [-0.4, -0.2) is 0 Å². The van der Waals surface area contributed by atoms with Crippen LogP contribution >= 0.6 is 11.3 Å². The molecule has 0 aliphatic carbocycles. The summed E-state index contributed by atoms with van der Waals surface area (Å²) < 4.78 is 0. The van der Waals surface area contributed by atoms with Crippen LogP contribution < -0.4 is 11.3 Å². The zero-order chi connectivity index (χ0) is 13.0. The molecule has 2 rings (SSSR count). The minimum absolute atomic E-state index is 0.0897. The molecule has 0 saturated heterocycles. The summed E-state index contributed by atoms with van der Waals surface area (Å²) in [6, 6.07) is 8.83. The highest BCUT2D eigenvalue weighted by Crippen LogP contribution is 2.27. The van der Waals surface area contributed by atoms with E-state index in [0.717, 1.165) is 6.42 Å². The standard InChI is InChI=1S/C15H20N2S/c1-3-4-12-5-7-13(8-6-12)15(17-16)14-10-18-9-11(14)2/h5-10,15,17H,3-4,16H2,1-2H3. The number of thiophene rings is 1. The second kappa shape index (κ2) is 6.14. The maximum absolute atomic E-state index is 5.72. The summed E-state index contributed by atoms with van der Waals surface area (Å²) in [4.78, 5) is 0. The van der Waals surface area contributed by atoms with Gasteiger partial charge in [0.1, 0.15) is 0 Å². The Hall–Kier alpha value is -1.16. The molecule has 2 aromatic rings. The van der Waals surface area contributed by atoms with E-state index in [-0.39, 0.29) is 6.04 Å². The quantitative estimate of drug-likeness (QED) is 0.637. The van der Waals surface area contributed by atoms with E-state index in [1.165, 1.54) is 28.7 Å². The smallest absolute Gasteiger partial charge is 0.0720 e. The number of hydrogen-bond donors (Lipinski definition) is 2. The highest BCUT2D eigenvalue weighted by atomic mass is 32.1. The summed E-state index contributed by atoms with van der Waals surface area (Å²) in [5.74, 6) is 5.72. The van der Waals surface area contributed by atoms with E-state index in [4.69, 9.17) is 5.84 Å². The van der Waals surface area contributed by atoms with E-state index in [1.54, 1.807) is 11.3 Å². The molecule has 0 radical (unpaired) electrons.